The van der Waals surface area contributed by atoms with Crippen LogP contribution in [0, 0.1) is 5.41 Å². The summed E-state index contributed by atoms with van der Waals surface area (Å²) >= 11 is 0. The van der Waals surface area contributed by atoms with E-state index in [0.717, 1.165) is 37.7 Å². The monoisotopic (exact) mass is 425 g/mol. The second-order valence-corrected chi connectivity index (χ2v) is 10.4. The van der Waals surface area contributed by atoms with Gasteiger partial charge in [0.15, 0.2) is 5.54 Å². The van der Waals surface area contributed by atoms with Gasteiger partial charge in [-0.05, 0) is 81.4 Å². The van der Waals surface area contributed by atoms with Crippen molar-refractivity contribution in [3.63, 3.8) is 0 Å². The Balaban J connectivity index is 1.68. The molecule has 2 spiro atoms. The molecular formula is C25H35N3O3. The molecule has 1 unspecified atom stereocenters. The summed E-state index contributed by atoms with van der Waals surface area (Å²) in [5.41, 5.74) is 1.99. The number of nitrogens with zero attached hydrogens (tertiary/aromatic N) is 2. The topological polar surface area (TPSA) is 75.9 Å². The van der Waals surface area contributed by atoms with Crippen LogP contribution in [0.1, 0.15) is 87.8 Å². The highest BCUT2D eigenvalue weighted by Crippen LogP contribution is 2.63. The maximum absolute atomic E-state index is 14.2. The molecule has 2 saturated carbocycles. The Kier molecular flexibility index (Phi) is 4.94. The molecule has 168 valence electrons. The number of amides is 3. The summed E-state index contributed by atoms with van der Waals surface area (Å²) in [6.45, 7) is 3.78. The van der Waals surface area contributed by atoms with Crippen molar-refractivity contribution in [1.82, 2.24) is 9.91 Å². The summed E-state index contributed by atoms with van der Waals surface area (Å²) in [5, 5.41) is 1.31. The lowest BCUT2D eigenvalue weighted by molar-refractivity contribution is -0.145. The van der Waals surface area contributed by atoms with Gasteiger partial charge in [-0.3, -0.25) is 9.69 Å². The molecule has 1 saturated heterocycles. The predicted octanol–water partition coefficient (Wildman–Crippen LogP) is 4.22. The van der Waals surface area contributed by atoms with E-state index in [1.807, 2.05) is 13.8 Å². The Bertz CT molecular complexity index is 899. The molecule has 1 aromatic carbocycles. The lowest BCUT2D eigenvalue weighted by Crippen LogP contribution is -2.60. The molecule has 1 heterocycles. The predicted molar refractivity (Wildman–Crippen MR) is 118 cm³/mol. The molecule has 31 heavy (non-hydrogen) atoms. The van der Waals surface area contributed by atoms with Crippen LogP contribution in [0.4, 0.5) is 4.79 Å². The lowest BCUT2D eigenvalue weighted by Gasteiger charge is -2.48. The van der Waals surface area contributed by atoms with Crippen molar-refractivity contribution < 1.29 is 14.3 Å². The first-order valence-electron chi connectivity index (χ1n) is 11.9. The Morgan fingerprint density at radius 2 is 1.77 bits per heavy atom. The zero-order valence-electron chi connectivity index (χ0n) is 19.0. The number of imide groups is 1. The van der Waals surface area contributed by atoms with Crippen molar-refractivity contribution in [1.29, 1.82) is 0 Å². The molecule has 0 aromatic heterocycles. The van der Waals surface area contributed by atoms with E-state index in [4.69, 9.17) is 10.6 Å². The normalized spacial score (nSPS) is 33.5. The minimum absolute atomic E-state index is 0.131. The molecule has 6 heteroatoms. The van der Waals surface area contributed by atoms with Crippen LogP contribution in [0.25, 0.3) is 0 Å². The molecule has 1 aromatic rings. The highest BCUT2D eigenvalue weighted by atomic mass is 16.5. The molecule has 4 aliphatic rings. The van der Waals surface area contributed by atoms with E-state index >= 15 is 0 Å². The van der Waals surface area contributed by atoms with Crippen LogP contribution in [0.2, 0.25) is 0 Å². The summed E-state index contributed by atoms with van der Waals surface area (Å²) < 4.78 is 5.64. The van der Waals surface area contributed by atoms with Gasteiger partial charge in [0.05, 0.1) is 6.10 Å². The quantitative estimate of drug-likeness (QED) is 0.447. The van der Waals surface area contributed by atoms with Gasteiger partial charge in [0.2, 0.25) is 0 Å². The van der Waals surface area contributed by atoms with Gasteiger partial charge in [0, 0.05) is 18.6 Å². The molecule has 3 fully saturated rings. The average Bonchev–Trinajstić information content (AvgIpc) is 3.42. The molecule has 2 N–H and O–H groups in total. The third-order valence-corrected chi connectivity index (χ3v) is 8.69. The fourth-order valence-corrected chi connectivity index (χ4v) is 7.10. The number of benzene rings is 1. The minimum atomic E-state index is -1.10. The average molecular weight is 426 g/mol. The molecular weight excluding hydrogens is 390 g/mol. The molecule has 1 atom stereocenters. The van der Waals surface area contributed by atoms with Crippen LogP contribution >= 0.6 is 0 Å². The smallest absolute Gasteiger partial charge is 0.342 e. The van der Waals surface area contributed by atoms with Gasteiger partial charge in [0.25, 0.3) is 5.91 Å². The van der Waals surface area contributed by atoms with Crippen LogP contribution in [0.5, 0.6) is 0 Å². The fraction of sp³-hybridized carbons (Fsp3) is 0.680. The third-order valence-electron chi connectivity index (χ3n) is 8.69. The van der Waals surface area contributed by atoms with E-state index in [9.17, 15) is 9.59 Å². The van der Waals surface area contributed by atoms with Crippen LogP contribution in [-0.4, -0.2) is 41.1 Å². The molecule has 1 aliphatic heterocycles. The largest absolute Gasteiger partial charge is 0.381 e. The molecule has 5 rings (SSSR count). The van der Waals surface area contributed by atoms with Crippen LogP contribution < -0.4 is 5.84 Å². The molecule has 0 bridgehead atoms. The van der Waals surface area contributed by atoms with Crippen molar-refractivity contribution in [3.05, 3.63) is 34.9 Å². The summed E-state index contributed by atoms with van der Waals surface area (Å²) in [6.07, 6.45) is 9.36. The third kappa shape index (κ3) is 2.70. The first-order valence-corrected chi connectivity index (χ1v) is 11.9. The van der Waals surface area contributed by atoms with Gasteiger partial charge in [0.1, 0.15) is 0 Å². The van der Waals surface area contributed by atoms with Gasteiger partial charge in [-0.25, -0.2) is 15.6 Å². The Labute approximate surface area is 185 Å². The first kappa shape index (κ1) is 21.0. The standard InChI is InChI=1S/C25H35N3O3/c1-16(2)27-22(29)25(28(26)23(27)30)21-14-18(17-6-4-5-7-17)8-9-19(21)15-24(25)12-10-20(31-3)11-13-24/h8-9,14,16-17,20H,4-7,10-13,15,26H2,1-3H3/t20-,24-,25?. The second kappa shape index (κ2) is 7.31. The van der Waals surface area contributed by atoms with Gasteiger partial charge < -0.3 is 4.74 Å². The molecule has 3 amide bonds. The lowest BCUT2D eigenvalue weighted by atomic mass is 9.61. The zero-order chi connectivity index (χ0) is 22.0. The fourth-order valence-electron chi connectivity index (χ4n) is 7.10. The van der Waals surface area contributed by atoms with E-state index in [1.165, 1.54) is 46.7 Å². The summed E-state index contributed by atoms with van der Waals surface area (Å²) in [4.78, 5) is 28.9. The van der Waals surface area contributed by atoms with Gasteiger partial charge in [-0.15, -0.1) is 0 Å². The van der Waals surface area contributed by atoms with Crippen molar-refractivity contribution in [2.24, 2.45) is 11.3 Å². The number of ether oxygens (including phenoxy) is 1. The first-order chi connectivity index (χ1) is 14.9. The number of rotatable bonds is 3. The number of hydrogen-bond acceptors (Lipinski definition) is 4. The highest BCUT2D eigenvalue weighted by molar-refractivity contribution is 6.08. The number of urea groups is 1. The number of nitrogens with two attached hydrogens (primary N) is 1. The highest BCUT2D eigenvalue weighted by Gasteiger charge is 2.71. The van der Waals surface area contributed by atoms with E-state index in [1.54, 1.807) is 7.11 Å². The van der Waals surface area contributed by atoms with Crippen LogP contribution in [-0.2, 0) is 21.5 Å². The Hall–Kier alpha value is -1.92. The number of fused-ring (bicyclic) bond motifs is 3. The van der Waals surface area contributed by atoms with E-state index in [-0.39, 0.29) is 29.5 Å². The van der Waals surface area contributed by atoms with Crippen molar-refractivity contribution >= 4 is 11.9 Å². The van der Waals surface area contributed by atoms with E-state index < -0.39 is 5.54 Å². The SMILES string of the molecule is CO[C@H]1CC[C@]2(CC1)Cc1ccc(C3CCCC3)cc1C21C(=O)N(C(C)C)C(=O)N1N. The summed E-state index contributed by atoms with van der Waals surface area (Å²) in [6, 6.07) is 6.11. The summed E-state index contributed by atoms with van der Waals surface area (Å²) in [7, 11) is 1.76. The minimum Gasteiger partial charge on any atom is -0.381 e. The molecule has 3 aliphatic carbocycles. The number of carbonyl (C=O) groups is 2. The Morgan fingerprint density at radius 1 is 1.10 bits per heavy atom. The van der Waals surface area contributed by atoms with E-state index in [2.05, 4.69) is 18.2 Å². The number of carbonyl (C=O) groups excluding carboxylic acids is 2. The number of methoxy groups -OCH3 is 1. The number of hydrogen-bond donors (Lipinski definition) is 1. The Morgan fingerprint density at radius 3 is 2.35 bits per heavy atom. The van der Waals surface area contributed by atoms with E-state index in [0.29, 0.717) is 5.92 Å². The maximum atomic E-state index is 14.2. The molecule has 6 nitrogen and oxygen atoms in total. The zero-order valence-corrected chi connectivity index (χ0v) is 19.0. The van der Waals surface area contributed by atoms with Gasteiger partial charge in [-0.2, -0.15) is 0 Å². The summed E-state index contributed by atoms with van der Waals surface area (Å²) in [5.74, 6) is 7.03. The van der Waals surface area contributed by atoms with Crippen molar-refractivity contribution in [2.45, 2.75) is 95.2 Å². The van der Waals surface area contributed by atoms with Gasteiger partial charge >= 0.3 is 6.03 Å². The number of hydrazine groups is 1. The van der Waals surface area contributed by atoms with Crippen LogP contribution in [0.15, 0.2) is 18.2 Å². The second-order valence-electron chi connectivity index (χ2n) is 10.4. The molecule has 0 radical (unpaired) electrons. The van der Waals surface area contributed by atoms with Crippen molar-refractivity contribution in [3.8, 4) is 0 Å². The van der Waals surface area contributed by atoms with Crippen molar-refractivity contribution in [2.75, 3.05) is 7.11 Å². The van der Waals surface area contributed by atoms with Crippen LogP contribution in [0.3, 0.4) is 0 Å². The maximum Gasteiger partial charge on any atom is 0.342 e. The van der Waals surface area contributed by atoms with Gasteiger partial charge in [-0.1, -0.05) is 31.0 Å².